The fourth-order valence-electron chi connectivity index (χ4n) is 2.24. The van der Waals surface area contributed by atoms with Gasteiger partial charge in [-0.25, -0.2) is 0 Å². The molecule has 0 aromatic heterocycles. The summed E-state index contributed by atoms with van der Waals surface area (Å²) in [6, 6.07) is 0. The fourth-order valence-corrected chi connectivity index (χ4v) is 2.24. The third-order valence-corrected chi connectivity index (χ3v) is 2.98. The molecular formula is C8H15BF3K. The molecule has 0 heterocycles. The van der Waals surface area contributed by atoms with Crippen molar-refractivity contribution in [2.75, 3.05) is 0 Å². The zero-order valence-corrected chi connectivity index (χ0v) is 11.5. The zero-order chi connectivity index (χ0) is 9.19. The molecule has 2 atom stereocenters. The number of hydrogen-bond acceptors (Lipinski definition) is 0. The fraction of sp³-hybridized carbons (Fsp3) is 1.00. The molecule has 1 fully saturated rings. The van der Waals surface area contributed by atoms with Crippen molar-refractivity contribution in [3.63, 3.8) is 0 Å². The van der Waals surface area contributed by atoms with Crippen molar-refractivity contribution in [1.29, 1.82) is 0 Å². The summed E-state index contributed by atoms with van der Waals surface area (Å²) in [6.45, 7) is -2.71. The topological polar surface area (TPSA) is 0 Å². The third kappa shape index (κ3) is 4.24. The van der Waals surface area contributed by atoms with Gasteiger partial charge in [-0.15, -0.1) is 0 Å². The molecule has 0 N–H and O–H groups in total. The monoisotopic (exact) mass is 218 g/mol. The van der Waals surface area contributed by atoms with Gasteiger partial charge in [-0.2, -0.15) is 0 Å². The zero-order valence-electron chi connectivity index (χ0n) is 8.40. The minimum absolute atomic E-state index is 0. The molecule has 0 bridgehead atoms. The Kier molecular flexibility index (Phi) is 6.86. The van der Waals surface area contributed by atoms with E-state index in [1.165, 1.54) is 0 Å². The van der Waals surface area contributed by atoms with Gasteiger partial charge in [0, 0.05) is 0 Å². The molecule has 0 aromatic rings. The van der Waals surface area contributed by atoms with Crippen molar-refractivity contribution in [1.82, 2.24) is 0 Å². The van der Waals surface area contributed by atoms with Crippen LogP contribution < -0.4 is 51.4 Å². The molecule has 0 aliphatic heterocycles. The first kappa shape index (κ1) is 14.5. The maximum Gasteiger partial charge on any atom is 1.00 e. The van der Waals surface area contributed by atoms with Crippen LogP contribution in [0.3, 0.4) is 0 Å². The largest absolute Gasteiger partial charge is 1.00 e. The van der Waals surface area contributed by atoms with Crippen LogP contribution in [0.25, 0.3) is 0 Å². The summed E-state index contributed by atoms with van der Waals surface area (Å²) in [6.07, 6.45) is 3.60. The maximum absolute atomic E-state index is 12.4. The molecule has 1 aliphatic carbocycles. The molecule has 72 valence electrons. The van der Waals surface area contributed by atoms with E-state index in [1.807, 2.05) is 6.92 Å². The molecule has 5 heteroatoms. The summed E-state index contributed by atoms with van der Waals surface area (Å²) >= 11 is 0. The Bertz CT molecular complexity index is 149. The van der Waals surface area contributed by atoms with E-state index in [4.69, 9.17) is 0 Å². The standard InChI is InChI=1S/C8H15BF3.K/c1-2-7-5-3-4-6-8(7)9(10,11)12;/h7-8H,2-6H2,1H3;/q-1;+1. The summed E-state index contributed by atoms with van der Waals surface area (Å²) in [5, 5.41) is 0. The first-order valence-electron chi connectivity index (χ1n) is 4.75. The molecule has 0 spiro atoms. The van der Waals surface area contributed by atoms with Gasteiger partial charge in [0.25, 0.3) is 0 Å². The summed E-state index contributed by atoms with van der Waals surface area (Å²) in [5.74, 6) is -1.04. The maximum atomic E-state index is 12.4. The van der Waals surface area contributed by atoms with Gasteiger partial charge in [0.2, 0.25) is 0 Å². The molecule has 1 aliphatic rings. The van der Waals surface area contributed by atoms with Gasteiger partial charge in [0.1, 0.15) is 0 Å². The van der Waals surface area contributed by atoms with Gasteiger partial charge in [0.15, 0.2) is 0 Å². The summed E-state index contributed by atoms with van der Waals surface area (Å²) < 4.78 is 37.3. The summed E-state index contributed by atoms with van der Waals surface area (Å²) in [5.41, 5.74) is 0. The average Bonchev–Trinajstić information content (AvgIpc) is 2.03. The molecular weight excluding hydrogens is 203 g/mol. The van der Waals surface area contributed by atoms with Crippen LogP contribution in [0.1, 0.15) is 39.0 Å². The number of halogens is 3. The summed E-state index contributed by atoms with van der Waals surface area (Å²) in [7, 11) is 0. The Hall–Kier alpha value is 1.49. The van der Waals surface area contributed by atoms with E-state index in [-0.39, 0.29) is 57.3 Å². The minimum atomic E-state index is -4.58. The second-order valence-electron chi connectivity index (χ2n) is 3.74. The first-order chi connectivity index (χ1) is 5.55. The molecule has 0 saturated heterocycles. The van der Waals surface area contributed by atoms with Crippen molar-refractivity contribution in [3.05, 3.63) is 0 Å². The van der Waals surface area contributed by atoms with Crippen molar-refractivity contribution in [3.8, 4) is 0 Å². The smallest absolute Gasteiger partial charge is 0.449 e. The molecule has 0 radical (unpaired) electrons. The first-order valence-corrected chi connectivity index (χ1v) is 4.75. The number of rotatable bonds is 2. The van der Waals surface area contributed by atoms with Crippen LogP contribution in [-0.2, 0) is 0 Å². The summed E-state index contributed by atoms with van der Waals surface area (Å²) in [4.78, 5) is 0. The van der Waals surface area contributed by atoms with E-state index in [2.05, 4.69) is 0 Å². The van der Waals surface area contributed by atoms with Crippen LogP contribution in [0.2, 0.25) is 5.82 Å². The second kappa shape index (κ2) is 6.16. The van der Waals surface area contributed by atoms with Gasteiger partial charge in [-0.05, 0) is 0 Å². The predicted octanol–water partition coefficient (Wildman–Crippen LogP) is 0.808. The van der Waals surface area contributed by atoms with E-state index >= 15 is 0 Å². The van der Waals surface area contributed by atoms with Crippen LogP contribution in [-0.4, -0.2) is 6.98 Å². The van der Waals surface area contributed by atoms with Gasteiger partial charge >= 0.3 is 58.4 Å². The third-order valence-electron chi connectivity index (χ3n) is 2.98. The van der Waals surface area contributed by atoms with Crippen LogP contribution >= 0.6 is 0 Å². The normalized spacial score (nSPS) is 29.5. The van der Waals surface area contributed by atoms with Gasteiger partial charge in [-0.1, -0.05) is 50.8 Å². The Morgan fingerprint density at radius 1 is 1.15 bits per heavy atom. The Morgan fingerprint density at radius 3 is 2.08 bits per heavy atom. The molecule has 2 unspecified atom stereocenters. The molecule has 13 heavy (non-hydrogen) atoms. The Labute approximate surface area is 121 Å². The van der Waals surface area contributed by atoms with Gasteiger partial charge in [-0.3, -0.25) is 0 Å². The predicted molar refractivity (Wildman–Crippen MR) is 45.1 cm³/mol. The number of hydrogen-bond donors (Lipinski definition) is 0. The van der Waals surface area contributed by atoms with Crippen molar-refractivity contribution >= 4 is 6.98 Å². The van der Waals surface area contributed by atoms with Crippen molar-refractivity contribution in [2.24, 2.45) is 5.92 Å². The van der Waals surface area contributed by atoms with Gasteiger partial charge in [0.05, 0.1) is 0 Å². The van der Waals surface area contributed by atoms with E-state index in [1.54, 1.807) is 0 Å². The SMILES string of the molecule is CCC1CCCCC1[B-](F)(F)F.[K+]. The second-order valence-corrected chi connectivity index (χ2v) is 3.74. The van der Waals surface area contributed by atoms with E-state index in [0.29, 0.717) is 12.8 Å². The molecule has 1 rings (SSSR count). The Morgan fingerprint density at radius 2 is 1.69 bits per heavy atom. The Balaban J connectivity index is 0.00000144. The molecule has 0 amide bonds. The molecule has 0 nitrogen and oxygen atoms in total. The van der Waals surface area contributed by atoms with Gasteiger partial charge < -0.3 is 12.9 Å². The van der Waals surface area contributed by atoms with E-state index in [0.717, 1.165) is 19.3 Å². The van der Waals surface area contributed by atoms with Crippen LogP contribution in [0.15, 0.2) is 0 Å². The average molecular weight is 218 g/mol. The molecule has 0 aromatic carbocycles. The van der Waals surface area contributed by atoms with Crippen molar-refractivity contribution < 1.29 is 64.3 Å². The van der Waals surface area contributed by atoms with Crippen LogP contribution in [0.5, 0.6) is 0 Å². The van der Waals surface area contributed by atoms with E-state index < -0.39 is 12.8 Å². The van der Waals surface area contributed by atoms with Crippen LogP contribution in [0.4, 0.5) is 12.9 Å². The van der Waals surface area contributed by atoms with E-state index in [9.17, 15) is 12.9 Å². The molecule has 1 saturated carbocycles. The van der Waals surface area contributed by atoms with Crippen LogP contribution in [0, 0.1) is 5.92 Å². The minimum Gasteiger partial charge on any atom is -0.449 e. The van der Waals surface area contributed by atoms with Crippen molar-refractivity contribution in [2.45, 2.75) is 44.8 Å². The quantitative estimate of drug-likeness (QED) is 0.601.